The smallest absolute Gasteiger partial charge is 0.262 e. The molecule has 0 bridgehead atoms. The van der Waals surface area contributed by atoms with Gasteiger partial charge in [0.2, 0.25) is 0 Å². The van der Waals surface area contributed by atoms with Crippen molar-refractivity contribution >= 4 is 34.5 Å². The molecule has 2 aromatic heterocycles. The lowest BCUT2D eigenvalue weighted by Crippen LogP contribution is -2.30. The van der Waals surface area contributed by atoms with Crippen molar-refractivity contribution < 1.29 is 14.0 Å². The summed E-state index contributed by atoms with van der Waals surface area (Å²) >= 11 is 1.17. The number of imide groups is 1. The highest BCUT2D eigenvalue weighted by Crippen LogP contribution is 2.27. The van der Waals surface area contributed by atoms with Gasteiger partial charge in [0, 0.05) is 0 Å². The lowest BCUT2D eigenvalue weighted by atomic mass is 10.1. The average molecular weight is 417 g/mol. The fraction of sp³-hybridized carbons (Fsp3) is 0.0909. The summed E-state index contributed by atoms with van der Waals surface area (Å²) in [5.41, 5.74) is 1.13. The maximum absolute atomic E-state index is 13.1. The predicted molar refractivity (Wildman–Crippen MR) is 111 cm³/mol. The lowest BCUT2D eigenvalue weighted by molar-refractivity contribution is 0.0684. The van der Waals surface area contributed by atoms with Crippen molar-refractivity contribution in [1.82, 2.24) is 14.5 Å². The summed E-state index contributed by atoms with van der Waals surface area (Å²) in [6.45, 7) is 0.202. The molecule has 8 heteroatoms. The van der Waals surface area contributed by atoms with Crippen LogP contribution in [0, 0.1) is 0 Å². The van der Waals surface area contributed by atoms with Gasteiger partial charge in [-0.05, 0) is 36.4 Å². The van der Waals surface area contributed by atoms with Crippen molar-refractivity contribution in [3.8, 4) is 0 Å². The van der Waals surface area contributed by atoms with E-state index in [2.05, 4.69) is 4.98 Å². The van der Waals surface area contributed by atoms with Crippen LogP contribution in [-0.4, -0.2) is 32.1 Å². The molecule has 1 aliphatic heterocycles. The van der Waals surface area contributed by atoms with E-state index >= 15 is 0 Å². The standard InChI is InChI=1S/C22H15N3O4S/c26-19-15-7-1-2-8-16(15)20(27)25(19)13-30-22-23-18-10-4-3-9-17(18)21(28)24(22)12-14-6-5-11-29-14/h1-11H,12-13H2. The number of carbonyl (C=O) groups is 2. The number of hydrogen-bond acceptors (Lipinski definition) is 6. The topological polar surface area (TPSA) is 85.4 Å². The van der Waals surface area contributed by atoms with Crippen LogP contribution in [0.25, 0.3) is 10.9 Å². The molecule has 1 aliphatic rings. The van der Waals surface area contributed by atoms with Gasteiger partial charge >= 0.3 is 0 Å². The van der Waals surface area contributed by atoms with Crippen LogP contribution in [0.4, 0.5) is 0 Å². The lowest BCUT2D eigenvalue weighted by Gasteiger charge is -2.16. The molecule has 0 fully saturated rings. The van der Waals surface area contributed by atoms with Crippen molar-refractivity contribution in [1.29, 1.82) is 0 Å². The molecule has 0 spiro atoms. The molecule has 7 nitrogen and oxygen atoms in total. The number of furan rings is 1. The quantitative estimate of drug-likeness (QED) is 0.281. The van der Waals surface area contributed by atoms with Crippen LogP contribution in [0.1, 0.15) is 26.5 Å². The zero-order valence-corrected chi connectivity index (χ0v) is 16.5. The van der Waals surface area contributed by atoms with Crippen molar-refractivity contribution in [3.05, 3.63) is 94.2 Å². The summed E-state index contributed by atoms with van der Waals surface area (Å²) in [6, 6.07) is 17.4. The maximum Gasteiger partial charge on any atom is 0.262 e. The molecule has 30 heavy (non-hydrogen) atoms. The number of para-hydroxylation sites is 1. The number of aromatic nitrogens is 2. The average Bonchev–Trinajstić information content (AvgIpc) is 3.37. The highest BCUT2D eigenvalue weighted by Gasteiger charge is 2.35. The second-order valence-electron chi connectivity index (χ2n) is 6.74. The molecule has 0 N–H and O–H groups in total. The SMILES string of the molecule is O=C1c2ccccc2C(=O)N1CSc1nc2ccccc2c(=O)n1Cc1ccco1. The predicted octanol–water partition coefficient (Wildman–Crippen LogP) is 3.38. The van der Waals surface area contributed by atoms with Gasteiger partial charge in [0.15, 0.2) is 5.16 Å². The van der Waals surface area contributed by atoms with Gasteiger partial charge < -0.3 is 4.42 Å². The molecular weight excluding hydrogens is 402 g/mol. The minimum Gasteiger partial charge on any atom is -0.467 e. The van der Waals surface area contributed by atoms with E-state index in [4.69, 9.17) is 4.42 Å². The van der Waals surface area contributed by atoms with Crippen molar-refractivity contribution in [2.75, 3.05) is 5.88 Å². The van der Waals surface area contributed by atoms with E-state index in [1.807, 2.05) is 6.07 Å². The first-order valence-electron chi connectivity index (χ1n) is 9.23. The van der Waals surface area contributed by atoms with Crippen LogP contribution in [0.15, 0.2) is 81.3 Å². The monoisotopic (exact) mass is 417 g/mol. The normalized spacial score (nSPS) is 13.3. The Hall–Kier alpha value is -3.65. The number of carbonyl (C=O) groups excluding carboxylic acids is 2. The molecule has 0 atom stereocenters. The van der Waals surface area contributed by atoms with Crippen molar-refractivity contribution in [2.45, 2.75) is 11.7 Å². The van der Waals surface area contributed by atoms with Gasteiger partial charge in [-0.25, -0.2) is 4.98 Å². The number of thioether (sulfide) groups is 1. The third-order valence-corrected chi connectivity index (χ3v) is 5.88. The van der Waals surface area contributed by atoms with Gasteiger partial charge in [0.05, 0.1) is 40.7 Å². The van der Waals surface area contributed by atoms with E-state index in [0.717, 1.165) is 0 Å². The van der Waals surface area contributed by atoms with Gasteiger partial charge in [0.25, 0.3) is 17.4 Å². The number of nitrogens with zero attached hydrogens (tertiary/aromatic N) is 3. The van der Waals surface area contributed by atoms with Crippen LogP contribution in [0.3, 0.4) is 0 Å². The van der Waals surface area contributed by atoms with Gasteiger partial charge in [-0.15, -0.1) is 0 Å². The maximum atomic E-state index is 13.1. The summed E-state index contributed by atoms with van der Waals surface area (Å²) in [5, 5.41) is 0.904. The van der Waals surface area contributed by atoms with E-state index in [-0.39, 0.29) is 29.8 Å². The van der Waals surface area contributed by atoms with E-state index in [1.54, 1.807) is 60.9 Å². The molecule has 0 aliphatic carbocycles. The van der Waals surface area contributed by atoms with Gasteiger partial charge in [-0.3, -0.25) is 23.9 Å². The molecular formula is C22H15N3O4S. The third kappa shape index (κ3) is 3.02. The number of fused-ring (bicyclic) bond motifs is 2. The zero-order valence-electron chi connectivity index (χ0n) is 15.6. The van der Waals surface area contributed by atoms with Crippen LogP contribution < -0.4 is 5.56 Å². The fourth-order valence-electron chi connectivity index (χ4n) is 3.43. The Morgan fingerprint density at radius 3 is 2.27 bits per heavy atom. The number of amides is 2. The minimum absolute atomic E-state index is 0.0509. The van der Waals surface area contributed by atoms with Crippen molar-refractivity contribution in [3.63, 3.8) is 0 Å². The molecule has 5 rings (SSSR count). The number of rotatable bonds is 5. The Kier molecular flexibility index (Phi) is 4.48. The Morgan fingerprint density at radius 1 is 0.867 bits per heavy atom. The molecule has 148 valence electrons. The Bertz CT molecular complexity index is 1310. The first-order valence-corrected chi connectivity index (χ1v) is 10.2. The molecule has 0 saturated carbocycles. The van der Waals surface area contributed by atoms with E-state index < -0.39 is 0 Å². The number of benzene rings is 2. The molecule has 3 heterocycles. The highest BCUT2D eigenvalue weighted by atomic mass is 32.2. The fourth-order valence-corrected chi connectivity index (χ4v) is 4.38. The largest absolute Gasteiger partial charge is 0.467 e. The molecule has 4 aromatic rings. The van der Waals surface area contributed by atoms with Crippen LogP contribution in [0.2, 0.25) is 0 Å². The molecule has 0 unspecified atom stereocenters. The Labute approximate surface area is 174 Å². The number of hydrogen-bond donors (Lipinski definition) is 0. The van der Waals surface area contributed by atoms with E-state index in [0.29, 0.717) is 32.9 Å². The van der Waals surface area contributed by atoms with Crippen LogP contribution in [-0.2, 0) is 6.54 Å². The highest BCUT2D eigenvalue weighted by molar-refractivity contribution is 7.99. The van der Waals surface area contributed by atoms with Crippen LogP contribution in [0.5, 0.6) is 0 Å². The summed E-state index contributed by atoms with van der Waals surface area (Å²) < 4.78 is 6.90. The van der Waals surface area contributed by atoms with Crippen molar-refractivity contribution in [2.24, 2.45) is 0 Å². The van der Waals surface area contributed by atoms with E-state index in [1.165, 1.54) is 21.2 Å². The summed E-state index contributed by atoms with van der Waals surface area (Å²) in [7, 11) is 0. The summed E-state index contributed by atoms with van der Waals surface area (Å²) in [6.07, 6.45) is 1.54. The minimum atomic E-state index is -0.344. The van der Waals surface area contributed by atoms with Crippen LogP contribution >= 0.6 is 11.8 Å². The Morgan fingerprint density at radius 2 is 1.57 bits per heavy atom. The first kappa shape index (κ1) is 18.4. The summed E-state index contributed by atoms with van der Waals surface area (Å²) in [5.74, 6) is -0.0284. The zero-order chi connectivity index (χ0) is 20.7. The van der Waals surface area contributed by atoms with Gasteiger partial charge in [0.1, 0.15) is 5.76 Å². The van der Waals surface area contributed by atoms with Gasteiger partial charge in [-0.1, -0.05) is 36.0 Å². The Balaban J connectivity index is 1.50. The molecule has 2 amide bonds. The van der Waals surface area contributed by atoms with E-state index in [9.17, 15) is 14.4 Å². The second-order valence-corrected chi connectivity index (χ2v) is 7.65. The molecule has 0 saturated heterocycles. The molecule has 2 aromatic carbocycles. The van der Waals surface area contributed by atoms with Gasteiger partial charge in [-0.2, -0.15) is 0 Å². The third-order valence-electron chi connectivity index (χ3n) is 4.92. The second kappa shape index (κ2) is 7.31. The first-order chi connectivity index (χ1) is 14.6. The summed E-state index contributed by atoms with van der Waals surface area (Å²) in [4.78, 5) is 44.2. The molecule has 0 radical (unpaired) electrons.